The molecule has 0 saturated carbocycles. The predicted molar refractivity (Wildman–Crippen MR) is 73.1 cm³/mol. The average Bonchev–Trinajstić information content (AvgIpc) is 2.37. The third-order valence-corrected chi connectivity index (χ3v) is 2.73. The normalized spacial score (nSPS) is 9.74. The molecular weight excluding hydrogens is 268 g/mol. The van der Waals surface area contributed by atoms with Crippen LogP contribution in [0, 0.1) is 0 Å². The van der Waals surface area contributed by atoms with Gasteiger partial charge in [-0.05, 0) is 19.1 Å². The Labute approximate surface area is 114 Å². The zero-order chi connectivity index (χ0) is 14.3. The topological polar surface area (TPSA) is 98.5 Å². The van der Waals surface area contributed by atoms with Crippen LogP contribution in [0.1, 0.15) is 17.3 Å². The number of hydrogen-bond donors (Lipinski definition) is 2. The molecule has 7 heteroatoms. The first kappa shape index (κ1) is 15.0. The van der Waals surface area contributed by atoms with Crippen molar-refractivity contribution >= 4 is 34.6 Å². The highest BCUT2D eigenvalue weighted by molar-refractivity contribution is 8.14. The summed E-state index contributed by atoms with van der Waals surface area (Å²) in [4.78, 5) is 33.8. The second-order valence-electron chi connectivity index (χ2n) is 3.42. The number of rotatable bonds is 5. The fourth-order valence-corrected chi connectivity index (χ4v) is 1.65. The zero-order valence-electron chi connectivity index (χ0n) is 10.3. The Hall–Kier alpha value is -2.02. The molecule has 0 aliphatic heterocycles. The molecule has 0 bridgehead atoms. The van der Waals surface area contributed by atoms with Gasteiger partial charge < -0.3 is 15.8 Å². The van der Waals surface area contributed by atoms with Crippen LogP contribution < -0.4 is 11.1 Å². The molecule has 0 aromatic heterocycles. The van der Waals surface area contributed by atoms with Crippen LogP contribution in [0.5, 0.6) is 0 Å². The van der Waals surface area contributed by atoms with E-state index in [9.17, 15) is 14.4 Å². The van der Waals surface area contributed by atoms with Gasteiger partial charge in [-0.15, -0.1) is 0 Å². The highest BCUT2D eigenvalue weighted by Gasteiger charge is 2.14. The molecule has 102 valence electrons. The van der Waals surface area contributed by atoms with Crippen molar-refractivity contribution in [1.82, 2.24) is 0 Å². The Morgan fingerprint density at radius 1 is 1.32 bits per heavy atom. The molecule has 2 amide bonds. The Balaban J connectivity index is 2.75. The lowest BCUT2D eigenvalue weighted by atomic mass is 10.2. The molecular formula is C12H14N2O4S. The van der Waals surface area contributed by atoms with E-state index in [-0.39, 0.29) is 17.9 Å². The number of anilines is 1. The summed E-state index contributed by atoms with van der Waals surface area (Å²) in [6.45, 7) is 1.95. The van der Waals surface area contributed by atoms with Gasteiger partial charge in [-0.25, -0.2) is 4.79 Å². The lowest BCUT2D eigenvalue weighted by Gasteiger charge is -2.09. The quantitative estimate of drug-likeness (QED) is 0.799. The van der Waals surface area contributed by atoms with Crippen LogP contribution in [0.15, 0.2) is 24.3 Å². The number of nitrogens with one attached hydrogen (secondary N) is 1. The van der Waals surface area contributed by atoms with Crippen LogP contribution in [0.25, 0.3) is 0 Å². The van der Waals surface area contributed by atoms with Gasteiger partial charge >= 0.3 is 5.97 Å². The van der Waals surface area contributed by atoms with Gasteiger partial charge in [0.2, 0.25) is 5.91 Å². The van der Waals surface area contributed by atoms with Gasteiger partial charge in [0.1, 0.15) is 0 Å². The van der Waals surface area contributed by atoms with E-state index in [2.05, 4.69) is 5.32 Å². The zero-order valence-corrected chi connectivity index (χ0v) is 11.2. The number of ether oxygens (including phenoxy) is 1. The molecule has 0 unspecified atom stereocenters. The maximum absolute atomic E-state index is 11.7. The van der Waals surface area contributed by atoms with E-state index in [0.717, 1.165) is 0 Å². The van der Waals surface area contributed by atoms with Gasteiger partial charge in [-0.1, -0.05) is 23.9 Å². The summed E-state index contributed by atoms with van der Waals surface area (Å²) in [5, 5.41) is 1.91. The lowest BCUT2D eigenvalue weighted by Crippen LogP contribution is -2.19. The molecule has 0 radical (unpaired) electrons. The maximum atomic E-state index is 11.7. The summed E-state index contributed by atoms with van der Waals surface area (Å²) in [6, 6.07) is 6.48. The van der Waals surface area contributed by atoms with Crippen LogP contribution in [-0.2, 0) is 9.53 Å². The van der Waals surface area contributed by atoms with Crippen LogP contribution >= 0.6 is 11.8 Å². The molecule has 0 atom stereocenters. The van der Waals surface area contributed by atoms with Crippen LogP contribution in [0.2, 0.25) is 0 Å². The van der Waals surface area contributed by atoms with Crippen LogP contribution in [-0.4, -0.2) is 29.5 Å². The van der Waals surface area contributed by atoms with E-state index in [1.165, 1.54) is 0 Å². The Bertz CT molecular complexity index is 490. The van der Waals surface area contributed by atoms with Crippen molar-refractivity contribution in [3.05, 3.63) is 29.8 Å². The van der Waals surface area contributed by atoms with Crippen molar-refractivity contribution in [1.29, 1.82) is 0 Å². The van der Waals surface area contributed by atoms with Crippen LogP contribution in [0.4, 0.5) is 10.5 Å². The van der Waals surface area contributed by atoms with Crippen molar-refractivity contribution in [2.75, 3.05) is 17.7 Å². The minimum Gasteiger partial charge on any atom is -0.462 e. The lowest BCUT2D eigenvalue weighted by molar-refractivity contribution is -0.113. The third-order valence-electron chi connectivity index (χ3n) is 2.04. The van der Waals surface area contributed by atoms with Crippen molar-refractivity contribution < 1.29 is 19.1 Å². The number of carbonyl (C=O) groups is 3. The van der Waals surface area contributed by atoms with E-state index < -0.39 is 17.1 Å². The first-order valence-electron chi connectivity index (χ1n) is 5.52. The monoisotopic (exact) mass is 282 g/mol. The molecule has 0 heterocycles. The number of thioether (sulfide) groups is 1. The Morgan fingerprint density at radius 3 is 2.63 bits per heavy atom. The van der Waals surface area contributed by atoms with Crippen molar-refractivity contribution in [2.24, 2.45) is 5.73 Å². The smallest absolute Gasteiger partial charge is 0.340 e. The van der Waals surface area contributed by atoms with Gasteiger partial charge in [0.15, 0.2) is 0 Å². The van der Waals surface area contributed by atoms with Gasteiger partial charge in [0.05, 0.1) is 23.6 Å². The van der Waals surface area contributed by atoms with Crippen LogP contribution in [0.3, 0.4) is 0 Å². The first-order chi connectivity index (χ1) is 9.04. The van der Waals surface area contributed by atoms with Crippen molar-refractivity contribution in [3.8, 4) is 0 Å². The molecule has 1 rings (SSSR count). The highest BCUT2D eigenvalue weighted by Crippen LogP contribution is 2.16. The van der Waals surface area contributed by atoms with Crippen molar-refractivity contribution in [2.45, 2.75) is 6.92 Å². The number of para-hydroxylation sites is 1. The largest absolute Gasteiger partial charge is 0.462 e. The number of carbonyl (C=O) groups excluding carboxylic acids is 3. The molecule has 0 saturated heterocycles. The Kier molecular flexibility index (Phi) is 5.87. The van der Waals surface area contributed by atoms with Gasteiger partial charge in [0, 0.05) is 0 Å². The number of esters is 1. The fourth-order valence-electron chi connectivity index (χ4n) is 1.30. The maximum Gasteiger partial charge on any atom is 0.340 e. The molecule has 3 N–H and O–H groups in total. The standard InChI is InChI=1S/C12H14N2O4S/c1-2-18-11(16)8-5-3-4-6-9(8)14-10(15)7-19-12(13)17/h3-6H,2,7H2,1H3,(H2,13,17)(H,14,15). The second kappa shape index (κ2) is 7.42. The minimum atomic E-state index is -0.631. The predicted octanol–water partition coefficient (Wildman–Crippen LogP) is 1.61. The summed E-state index contributed by atoms with van der Waals surface area (Å²) < 4.78 is 4.88. The van der Waals surface area contributed by atoms with E-state index in [1.54, 1.807) is 31.2 Å². The van der Waals surface area contributed by atoms with E-state index in [0.29, 0.717) is 17.4 Å². The minimum absolute atomic E-state index is 0.105. The third kappa shape index (κ3) is 5.01. The number of amides is 2. The summed E-state index contributed by atoms with van der Waals surface area (Å²) >= 11 is 0.694. The van der Waals surface area contributed by atoms with E-state index in [4.69, 9.17) is 10.5 Å². The highest BCUT2D eigenvalue weighted by atomic mass is 32.2. The number of benzene rings is 1. The molecule has 1 aromatic carbocycles. The second-order valence-corrected chi connectivity index (χ2v) is 4.40. The van der Waals surface area contributed by atoms with Gasteiger partial charge in [0.25, 0.3) is 5.24 Å². The number of nitrogens with two attached hydrogens (primary N) is 1. The van der Waals surface area contributed by atoms with E-state index >= 15 is 0 Å². The SMILES string of the molecule is CCOC(=O)c1ccccc1NC(=O)CSC(N)=O. The summed E-state index contributed by atoms with van der Waals surface area (Å²) in [7, 11) is 0. The van der Waals surface area contributed by atoms with Gasteiger partial charge in [-0.2, -0.15) is 0 Å². The number of hydrogen-bond acceptors (Lipinski definition) is 5. The molecule has 0 fully saturated rings. The summed E-state index contributed by atoms with van der Waals surface area (Å²) in [5.74, 6) is -1.03. The molecule has 0 spiro atoms. The van der Waals surface area contributed by atoms with Gasteiger partial charge in [-0.3, -0.25) is 9.59 Å². The fraction of sp³-hybridized carbons (Fsp3) is 0.250. The van der Waals surface area contributed by atoms with E-state index in [1.807, 2.05) is 0 Å². The molecule has 1 aromatic rings. The number of primary amides is 1. The summed E-state index contributed by atoms with van der Waals surface area (Å²) in [6.07, 6.45) is 0. The molecule has 0 aliphatic rings. The molecule has 6 nitrogen and oxygen atoms in total. The first-order valence-corrected chi connectivity index (χ1v) is 6.51. The summed E-state index contributed by atoms with van der Waals surface area (Å²) in [5.41, 5.74) is 5.53. The van der Waals surface area contributed by atoms with Crippen molar-refractivity contribution in [3.63, 3.8) is 0 Å². The average molecular weight is 282 g/mol. The molecule has 0 aliphatic carbocycles. The Morgan fingerprint density at radius 2 is 2.00 bits per heavy atom. The molecule has 19 heavy (non-hydrogen) atoms.